The minimum absolute atomic E-state index is 0.233. The highest BCUT2D eigenvalue weighted by Crippen LogP contribution is 2.28. The van der Waals surface area contributed by atoms with Crippen LogP contribution >= 0.6 is 0 Å². The van der Waals surface area contributed by atoms with Crippen LogP contribution in [0.25, 0.3) is 22.4 Å². The molecule has 9 nitrogen and oxygen atoms in total. The number of pyridine rings is 2. The summed E-state index contributed by atoms with van der Waals surface area (Å²) < 4.78 is 12.5. The zero-order valence-electron chi connectivity index (χ0n) is 18.7. The summed E-state index contributed by atoms with van der Waals surface area (Å²) in [7, 11) is 3.49. The number of para-hydroxylation sites is 1. The van der Waals surface area contributed by atoms with Crippen molar-refractivity contribution in [1.82, 2.24) is 30.0 Å². The number of carbonyl (C=O) groups is 1. The van der Waals surface area contributed by atoms with E-state index in [4.69, 9.17) is 14.2 Å². The van der Waals surface area contributed by atoms with E-state index in [1.165, 1.54) is 6.26 Å². The van der Waals surface area contributed by atoms with Crippen molar-refractivity contribution in [2.75, 3.05) is 7.11 Å². The van der Waals surface area contributed by atoms with E-state index in [1.807, 2.05) is 48.0 Å². The van der Waals surface area contributed by atoms with Crippen LogP contribution in [0.1, 0.15) is 27.8 Å². The minimum Gasteiger partial charge on any atom is -0.496 e. The molecule has 1 unspecified atom stereocenters. The van der Waals surface area contributed by atoms with E-state index >= 15 is 0 Å². The number of ketones is 1. The first-order chi connectivity index (χ1) is 16.7. The molecule has 0 bridgehead atoms. The summed E-state index contributed by atoms with van der Waals surface area (Å²) in [5, 5.41) is 7.42. The van der Waals surface area contributed by atoms with Crippen LogP contribution in [0.15, 0.2) is 77.9 Å². The molecule has 0 saturated carbocycles. The van der Waals surface area contributed by atoms with Gasteiger partial charge in [-0.3, -0.25) is 20.1 Å². The van der Waals surface area contributed by atoms with Crippen molar-refractivity contribution in [3.63, 3.8) is 0 Å². The Kier molecular flexibility index (Phi) is 5.84. The van der Waals surface area contributed by atoms with Crippen molar-refractivity contribution in [3.05, 3.63) is 90.3 Å². The van der Waals surface area contributed by atoms with Crippen molar-refractivity contribution in [2.24, 2.45) is 7.05 Å². The van der Waals surface area contributed by atoms with E-state index in [0.29, 0.717) is 29.3 Å². The highest BCUT2D eigenvalue weighted by atomic mass is 16.5. The number of rotatable bonds is 8. The van der Waals surface area contributed by atoms with E-state index in [-0.39, 0.29) is 5.78 Å². The van der Waals surface area contributed by atoms with Crippen LogP contribution in [0, 0.1) is 0 Å². The molecule has 34 heavy (non-hydrogen) atoms. The topological polar surface area (TPSA) is 108 Å². The Balaban J connectivity index is 1.56. The number of nitrogens with one attached hydrogen (secondary N) is 1. The number of nitrogens with zero attached hydrogens (tertiary/aromatic N) is 5. The molecule has 9 heteroatoms. The number of carbonyl (C=O) groups excluding carboxylic acids is 1. The second-order valence-corrected chi connectivity index (χ2v) is 7.68. The number of imidazole rings is 1. The highest BCUT2D eigenvalue weighted by Gasteiger charge is 2.31. The maximum Gasteiger partial charge on any atom is 0.193 e. The summed E-state index contributed by atoms with van der Waals surface area (Å²) in [6.07, 6.45) is 6.41. The molecule has 5 aromatic rings. The van der Waals surface area contributed by atoms with Crippen LogP contribution in [-0.2, 0) is 13.6 Å². The quantitative estimate of drug-likeness (QED) is 0.353. The SMILES string of the molecule is COc1ccccc1CNC(C(=O)c1conc1-c1ccccn1)c1nc2ccncc2n1C. The van der Waals surface area contributed by atoms with E-state index in [0.717, 1.165) is 22.3 Å². The second kappa shape index (κ2) is 9.24. The van der Waals surface area contributed by atoms with Crippen LogP contribution in [0.5, 0.6) is 5.75 Å². The van der Waals surface area contributed by atoms with E-state index in [2.05, 4.69) is 20.4 Å². The fraction of sp³-hybridized carbons (Fsp3) is 0.160. The maximum atomic E-state index is 13.9. The second-order valence-electron chi connectivity index (χ2n) is 7.68. The molecular formula is C25H22N6O3. The predicted molar refractivity (Wildman–Crippen MR) is 125 cm³/mol. The molecule has 1 atom stereocenters. The molecule has 0 aliphatic heterocycles. The Morgan fingerprint density at radius 1 is 1.15 bits per heavy atom. The average Bonchev–Trinajstić information content (AvgIpc) is 3.50. The smallest absolute Gasteiger partial charge is 0.193 e. The van der Waals surface area contributed by atoms with Crippen molar-refractivity contribution in [3.8, 4) is 17.1 Å². The number of fused-ring (bicyclic) bond motifs is 1. The van der Waals surface area contributed by atoms with Gasteiger partial charge in [0.25, 0.3) is 0 Å². The number of hydrogen-bond donors (Lipinski definition) is 1. The monoisotopic (exact) mass is 454 g/mol. The zero-order valence-corrected chi connectivity index (χ0v) is 18.7. The van der Waals surface area contributed by atoms with Gasteiger partial charge < -0.3 is 13.8 Å². The molecule has 1 N–H and O–H groups in total. The molecule has 0 fully saturated rings. The van der Waals surface area contributed by atoms with Gasteiger partial charge in [-0.05, 0) is 24.3 Å². The lowest BCUT2D eigenvalue weighted by Gasteiger charge is -2.18. The first kappa shape index (κ1) is 21.5. The Labute approximate surface area is 195 Å². The van der Waals surface area contributed by atoms with Crippen molar-refractivity contribution < 1.29 is 14.1 Å². The van der Waals surface area contributed by atoms with Crippen molar-refractivity contribution >= 4 is 16.8 Å². The van der Waals surface area contributed by atoms with Gasteiger partial charge in [-0.25, -0.2) is 4.98 Å². The zero-order chi connectivity index (χ0) is 23.5. The van der Waals surface area contributed by atoms with Crippen molar-refractivity contribution in [1.29, 1.82) is 0 Å². The molecule has 170 valence electrons. The summed E-state index contributed by atoms with van der Waals surface area (Å²) in [6.45, 7) is 0.381. The molecule has 0 radical (unpaired) electrons. The van der Waals surface area contributed by atoms with E-state index in [9.17, 15) is 4.79 Å². The third-order valence-electron chi connectivity index (χ3n) is 5.67. The molecular weight excluding hydrogens is 432 g/mol. The van der Waals surface area contributed by atoms with Crippen LogP contribution in [0.3, 0.4) is 0 Å². The molecule has 1 aromatic carbocycles. The fourth-order valence-electron chi connectivity index (χ4n) is 3.93. The Morgan fingerprint density at radius 3 is 2.79 bits per heavy atom. The Bertz CT molecular complexity index is 1440. The Hall–Kier alpha value is -4.37. The van der Waals surface area contributed by atoms with Gasteiger partial charge in [-0.1, -0.05) is 29.4 Å². The van der Waals surface area contributed by atoms with Gasteiger partial charge in [0.2, 0.25) is 0 Å². The summed E-state index contributed by atoms with van der Waals surface area (Å²) in [5.41, 5.74) is 3.75. The number of methoxy groups -OCH3 is 1. The number of benzene rings is 1. The van der Waals surface area contributed by atoms with Gasteiger partial charge in [0.15, 0.2) is 5.78 Å². The molecule has 0 amide bonds. The first-order valence-electron chi connectivity index (χ1n) is 10.7. The van der Waals surface area contributed by atoms with Crippen molar-refractivity contribution in [2.45, 2.75) is 12.6 Å². The maximum absolute atomic E-state index is 13.9. The van der Waals surface area contributed by atoms with Gasteiger partial charge in [0, 0.05) is 31.5 Å². The van der Waals surface area contributed by atoms with Gasteiger partial charge in [-0.2, -0.15) is 0 Å². The predicted octanol–water partition coefficient (Wildman–Crippen LogP) is 3.74. The van der Waals surface area contributed by atoms with Crippen LogP contribution < -0.4 is 10.1 Å². The number of hydrogen-bond acceptors (Lipinski definition) is 8. The summed E-state index contributed by atoms with van der Waals surface area (Å²) in [6, 6.07) is 14.1. The number of aryl methyl sites for hydroxylation is 1. The third kappa shape index (κ3) is 3.93. The molecule has 0 aliphatic carbocycles. The lowest BCUT2D eigenvalue weighted by molar-refractivity contribution is 0.0936. The van der Waals surface area contributed by atoms with Crippen LogP contribution in [0.4, 0.5) is 0 Å². The van der Waals surface area contributed by atoms with Gasteiger partial charge in [0.05, 0.1) is 35.6 Å². The summed E-state index contributed by atoms with van der Waals surface area (Å²) in [4.78, 5) is 27.2. The molecule has 0 aliphatic rings. The molecule has 0 spiro atoms. The van der Waals surface area contributed by atoms with E-state index in [1.54, 1.807) is 37.8 Å². The van der Waals surface area contributed by atoms with Gasteiger partial charge in [-0.15, -0.1) is 0 Å². The fourth-order valence-corrected chi connectivity index (χ4v) is 3.93. The van der Waals surface area contributed by atoms with E-state index < -0.39 is 6.04 Å². The third-order valence-corrected chi connectivity index (χ3v) is 5.67. The summed E-state index contributed by atoms with van der Waals surface area (Å²) >= 11 is 0. The van der Waals surface area contributed by atoms with Gasteiger partial charge in [0.1, 0.15) is 29.6 Å². The standard InChI is InChI=1S/C25H22N6O3/c1-31-20-14-26-12-10-18(20)29-25(31)23(28-13-16-7-3-4-9-21(16)33-2)24(32)17-15-34-30-22(17)19-8-5-6-11-27-19/h3-12,14-15,23,28H,13H2,1-2H3. The van der Waals surface area contributed by atoms with Crippen LogP contribution in [0.2, 0.25) is 0 Å². The molecule has 5 rings (SSSR count). The normalized spacial score (nSPS) is 12.1. The van der Waals surface area contributed by atoms with Gasteiger partial charge >= 0.3 is 0 Å². The summed E-state index contributed by atoms with van der Waals surface area (Å²) in [5.74, 6) is 1.05. The first-order valence-corrected chi connectivity index (χ1v) is 10.7. The lowest BCUT2D eigenvalue weighted by atomic mass is 10.0. The Morgan fingerprint density at radius 2 is 2.00 bits per heavy atom. The number of Topliss-reactive ketones (excluding diaryl/α,β-unsaturated/α-hetero) is 1. The number of aromatic nitrogens is 5. The largest absolute Gasteiger partial charge is 0.496 e. The number of ether oxygens (including phenoxy) is 1. The molecule has 4 aromatic heterocycles. The highest BCUT2D eigenvalue weighted by molar-refractivity contribution is 6.04. The average molecular weight is 454 g/mol. The molecule has 0 saturated heterocycles. The van der Waals surface area contributed by atoms with Crippen LogP contribution in [-0.4, -0.2) is 37.6 Å². The minimum atomic E-state index is -0.788. The molecule has 4 heterocycles. The lowest BCUT2D eigenvalue weighted by Crippen LogP contribution is -2.31.